The van der Waals surface area contributed by atoms with Crippen molar-refractivity contribution in [1.82, 2.24) is 10.2 Å². The van der Waals surface area contributed by atoms with Crippen molar-refractivity contribution in [1.29, 1.82) is 0 Å². The van der Waals surface area contributed by atoms with Gasteiger partial charge in [-0.3, -0.25) is 13.9 Å². The lowest BCUT2D eigenvalue weighted by Crippen LogP contribution is -2.54. The Morgan fingerprint density at radius 2 is 1.49 bits per heavy atom. The minimum absolute atomic E-state index is 0.0330. The molecular formula is C33H31Cl3FN3O4S. The standard InChI is InChI=1S/C33H31Cl3FN3O4S/c1-22(2)38-33(42)31(17-23-9-5-3-6-10-23)39(20-24-13-14-25(34)18-28(24)35)32(41)21-40(26-15-16-30(37)29(36)19-26)45(43,44)27-11-7-4-8-12-27/h3-16,18-19,22,31H,17,20-21H2,1-2H3,(H,38,42)/t31-/m1/s1. The summed E-state index contributed by atoms with van der Waals surface area (Å²) in [6.45, 7) is 2.73. The van der Waals surface area contributed by atoms with Gasteiger partial charge in [0.2, 0.25) is 11.8 Å². The van der Waals surface area contributed by atoms with Crippen LogP contribution in [-0.2, 0) is 32.6 Å². The molecule has 4 aromatic rings. The molecular weight excluding hydrogens is 660 g/mol. The van der Waals surface area contributed by atoms with Crippen LogP contribution < -0.4 is 9.62 Å². The molecule has 4 aromatic carbocycles. The minimum Gasteiger partial charge on any atom is -0.352 e. The van der Waals surface area contributed by atoms with Gasteiger partial charge >= 0.3 is 0 Å². The van der Waals surface area contributed by atoms with Crippen molar-refractivity contribution in [3.63, 3.8) is 0 Å². The summed E-state index contributed by atoms with van der Waals surface area (Å²) in [5, 5.41) is 3.21. The second-order valence-electron chi connectivity index (χ2n) is 10.5. The molecule has 0 aliphatic rings. The molecule has 0 bridgehead atoms. The van der Waals surface area contributed by atoms with Crippen molar-refractivity contribution in [2.75, 3.05) is 10.8 Å². The van der Waals surface area contributed by atoms with Crippen LogP contribution in [0.15, 0.2) is 102 Å². The normalized spacial score (nSPS) is 12.1. The number of anilines is 1. The molecule has 0 aliphatic carbocycles. The van der Waals surface area contributed by atoms with Crippen molar-refractivity contribution in [3.8, 4) is 0 Å². The van der Waals surface area contributed by atoms with Crippen LogP contribution in [0.1, 0.15) is 25.0 Å². The first-order chi connectivity index (χ1) is 21.4. The van der Waals surface area contributed by atoms with Gasteiger partial charge in [0.05, 0.1) is 15.6 Å². The number of carbonyl (C=O) groups is 2. The first-order valence-electron chi connectivity index (χ1n) is 14.0. The van der Waals surface area contributed by atoms with Gasteiger partial charge in [-0.05, 0) is 67.4 Å². The summed E-state index contributed by atoms with van der Waals surface area (Å²) in [6, 6.07) is 23.5. The Balaban J connectivity index is 1.84. The summed E-state index contributed by atoms with van der Waals surface area (Å²) in [5.41, 5.74) is 1.24. The molecule has 2 amide bonds. The van der Waals surface area contributed by atoms with E-state index >= 15 is 0 Å². The summed E-state index contributed by atoms with van der Waals surface area (Å²) in [5.74, 6) is -1.90. The lowest BCUT2D eigenvalue weighted by Gasteiger charge is -2.34. The predicted octanol–water partition coefficient (Wildman–Crippen LogP) is 7.15. The van der Waals surface area contributed by atoms with Gasteiger partial charge in [-0.2, -0.15) is 0 Å². The third kappa shape index (κ3) is 8.76. The van der Waals surface area contributed by atoms with Crippen LogP contribution in [0.3, 0.4) is 0 Å². The summed E-state index contributed by atoms with van der Waals surface area (Å²) in [6.07, 6.45) is 0.129. The van der Waals surface area contributed by atoms with Gasteiger partial charge in [0.15, 0.2) is 0 Å². The number of amides is 2. The van der Waals surface area contributed by atoms with E-state index in [4.69, 9.17) is 34.8 Å². The van der Waals surface area contributed by atoms with Crippen LogP contribution in [0.2, 0.25) is 15.1 Å². The maximum atomic E-state index is 14.4. The molecule has 12 heteroatoms. The Morgan fingerprint density at radius 1 is 0.844 bits per heavy atom. The zero-order valence-electron chi connectivity index (χ0n) is 24.5. The number of nitrogens with one attached hydrogen (secondary N) is 1. The number of sulfonamides is 1. The van der Waals surface area contributed by atoms with E-state index in [1.54, 1.807) is 44.2 Å². The molecule has 7 nitrogen and oxygen atoms in total. The molecule has 4 rings (SSSR count). The lowest BCUT2D eigenvalue weighted by atomic mass is 10.0. The first kappa shape index (κ1) is 34.2. The van der Waals surface area contributed by atoms with Gasteiger partial charge < -0.3 is 10.2 Å². The van der Waals surface area contributed by atoms with E-state index in [1.165, 1.54) is 29.2 Å². The van der Waals surface area contributed by atoms with Gasteiger partial charge in [-0.1, -0.05) is 89.4 Å². The monoisotopic (exact) mass is 689 g/mol. The van der Waals surface area contributed by atoms with E-state index in [9.17, 15) is 22.4 Å². The Labute approximate surface area is 277 Å². The third-order valence-corrected chi connectivity index (χ3v) is 9.52. The van der Waals surface area contributed by atoms with Gasteiger partial charge in [-0.25, -0.2) is 12.8 Å². The highest BCUT2D eigenvalue weighted by atomic mass is 35.5. The highest BCUT2D eigenvalue weighted by Crippen LogP contribution is 2.29. The maximum Gasteiger partial charge on any atom is 0.264 e. The first-order valence-corrected chi connectivity index (χ1v) is 16.5. The molecule has 0 aliphatic heterocycles. The van der Waals surface area contributed by atoms with E-state index in [-0.39, 0.29) is 39.6 Å². The summed E-state index contributed by atoms with van der Waals surface area (Å²) in [4.78, 5) is 29.4. The average Bonchev–Trinajstić information content (AvgIpc) is 3.00. The van der Waals surface area contributed by atoms with Gasteiger partial charge in [0.1, 0.15) is 18.4 Å². The van der Waals surface area contributed by atoms with E-state index in [0.29, 0.717) is 10.6 Å². The van der Waals surface area contributed by atoms with Crippen LogP contribution in [0, 0.1) is 5.82 Å². The third-order valence-electron chi connectivity index (χ3n) is 6.86. The topological polar surface area (TPSA) is 86.8 Å². The molecule has 0 spiro atoms. The molecule has 0 saturated heterocycles. The summed E-state index contributed by atoms with van der Waals surface area (Å²) in [7, 11) is -4.36. The van der Waals surface area contributed by atoms with E-state index in [2.05, 4.69) is 5.32 Å². The Kier molecular flexibility index (Phi) is 11.5. The van der Waals surface area contributed by atoms with Gasteiger partial charge in [0.25, 0.3) is 10.0 Å². The van der Waals surface area contributed by atoms with Crippen LogP contribution in [0.4, 0.5) is 10.1 Å². The zero-order chi connectivity index (χ0) is 32.7. The van der Waals surface area contributed by atoms with Crippen LogP contribution >= 0.6 is 34.8 Å². The number of nitrogens with zero attached hydrogens (tertiary/aromatic N) is 2. The number of hydrogen-bond acceptors (Lipinski definition) is 4. The fraction of sp³-hybridized carbons (Fsp3) is 0.212. The number of carbonyl (C=O) groups excluding carboxylic acids is 2. The van der Waals surface area contributed by atoms with Crippen LogP contribution in [-0.4, -0.2) is 43.8 Å². The molecule has 0 heterocycles. The van der Waals surface area contributed by atoms with Crippen molar-refractivity contribution in [2.24, 2.45) is 0 Å². The molecule has 0 aromatic heterocycles. The van der Waals surface area contributed by atoms with Gasteiger partial charge in [0, 0.05) is 29.1 Å². The maximum absolute atomic E-state index is 14.4. The Bertz CT molecular complexity index is 1760. The fourth-order valence-corrected chi connectivity index (χ4v) is 6.73. The fourth-order valence-electron chi connectivity index (χ4n) is 4.66. The van der Waals surface area contributed by atoms with Gasteiger partial charge in [-0.15, -0.1) is 0 Å². The molecule has 45 heavy (non-hydrogen) atoms. The second kappa shape index (κ2) is 15.1. The summed E-state index contributed by atoms with van der Waals surface area (Å²) < 4.78 is 43.0. The van der Waals surface area contributed by atoms with E-state index < -0.39 is 40.2 Å². The number of halogens is 4. The minimum atomic E-state index is -4.36. The van der Waals surface area contributed by atoms with Crippen molar-refractivity contribution in [2.45, 2.75) is 43.8 Å². The SMILES string of the molecule is CC(C)NC(=O)[C@@H](Cc1ccccc1)N(Cc1ccc(Cl)cc1Cl)C(=O)CN(c1ccc(F)c(Cl)c1)S(=O)(=O)c1ccccc1. The smallest absolute Gasteiger partial charge is 0.264 e. The molecule has 0 radical (unpaired) electrons. The lowest BCUT2D eigenvalue weighted by molar-refractivity contribution is -0.140. The average molecular weight is 691 g/mol. The molecule has 1 atom stereocenters. The summed E-state index contributed by atoms with van der Waals surface area (Å²) >= 11 is 18.7. The quantitative estimate of drug-likeness (QED) is 0.171. The van der Waals surface area contributed by atoms with Crippen molar-refractivity contribution < 1.29 is 22.4 Å². The van der Waals surface area contributed by atoms with Crippen molar-refractivity contribution in [3.05, 3.63) is 129 Å². The Hall–Kier alpha value is -3.63. The number of rotatable bonds is 12. The van der Waals surface area contributed by atoms with Crippen LogP contribution in [0.25, 0.3) is 0 Å². The molecule has 236 valence electrons. The number of hydrogen-bond donors (Lipinski definition) is 1. The molecule has 0 fully saturated rings. The highest BCUT2D eigenvalue weighted by Gasteiger charge is 2.35. The largest absolute Gasteiger partial charge is 0.352 e. The second-order valence-corrected chi connectivity index (χ2v) is 13.7. The van der Waals surface area contributed by atoms with E-state index in [0.717, 1.165) is 22.0 Å². The molecule has 0 saturated carbocycles. The highest BCUT2D eigenvalue weighted by molar-refractivity contribution is 7.92. The number of benzene rings is 4. The zero-order valence-corrected chi connectivity index (χ0v) is 27.5. The van der Waals surface area contributed by atoms with Crippen molar-refractivity contribution >= 4 is 62.3 Å². The molecule has 0 unspecified atom stereocenters. The molecule has 1 N–H and O–H groups in total. The predicted molar refractivity (Wildman–Crippen MR) is 177 cm³/mol. The Morgan fingerprint density at radius 3 is 2.09 bits per heavy atom. The van der Waals surface area contributed by atoms with E-state index in [1.807, 2.05) is 30.3 Å². The van der Waals surface area contributed by atoms with Crippen LogP contribution in [0.5, 0.6) is 0 Å².